The van der Waals surface area contributed by atoms with Crippen LogP contribution in [0.25, 0.3) is 107 Å². The Morgan fingerprint density at radius 2 is 0.880 bits per heavy atom. The molecule has 14 rings (SSSR count). The highest BCUT2D eigenvalue weighted by Gasteiger charge is 2.42. The van der Waals surface area contributed by atoms with Crippen molar-refractivity contribution in [3.63, 3.8) is 0 Å². The van der Waals surface area contributed by atoms with Gasteiger partial charge in [-0.05, 0) is 113 Å². The Morgan fingerprint density at radius 1 is 0.413 bits per heavy atom. The van der Waals surface area contributed by atoms with Crippen LogP contribution in [0.5, 0.6) is 11.5 Å². The number of benzene rings is 9. The summed E-state index contributed by atoms with van der Waals surface area (Å²) >= 11 is 0. The maximum atomic E-state index is 7.13. The summed E-state index contributed by atoms with van der Waals surface area (Å²) in [6.07, 6.45) is 0. The van der Waals surface area contributed by atoms with Crippen molar-refractivity contribution in [1.82, 2.24) is 34.5 Å². The molecule has 0 radical (unpaired) electrons. The number of hydrogen-bond donors (Lipinski definition) is 0. The predicted octanol–water partition coefficient (Wildman–Crippen LogP) is 13.8. The van der Waals surface area contributed by atoms with E-state index in [1.807, 2.05) is 97.1 Å². The summed E-state index contributed by atoms with van der Waals surface area (Å²) in [6.45, 7) is 10.9. The second kappa shape index (κ2) is 17.4. The first-order valence-corrected chi connectivity index (χ1v) is 25.7. The molecule has 0 spiro atoms. The Bertz CT molecular complexity index is 4130. The summed E-state index contributed by atoms with van der Waals surface area (Å²) in [5.74, 6) is 5.59. The number of nitrogens with zero attached hydrogens (tertiary/aromatic N) is 7. The molecule has 0 aliphatic carbocycles. The summed E-state index contributed by atoms with van der Waals surface area (Å²) < 4.78 is 9.60. The number of fused-ring (bicyclic) bond motifs is 7. The van der Waals surface area contributed by atoms with Crippen LogP contribution in [-0.2, 0) is 0 Å². The second-order valence-electron chi connectivity index (χ2n) is 20.3. The number of aryl methyl sites for hydroxylation is 3. The van der Waals surface area contributed by atoms with E-state index in [1.165, 1.54) is 33.4 Å². The van der Waals surface area contributed by atoms with E-state index in [2.05, 4.69) is 136 Å². The Balaban J connectivity index is 1.08. The fourth-order valence-corrected chi connectivity index (χ4v) is 11.6. The highest BCUT2D eigenvalue weighted by Crippen LogP contribution is 2.43. The summed E-state index contributed by atoms with van der Waals surface area (Å²) in [6, 6.07) is 67.9. The van der Waals surface area contributed by atoms with Gasteiger partial charge in [0.15, 0.2) is 34.9 Å². The van der Waals surface area contributed by atoms with Crippen molar-refractivity contribution in [3.8, 4) is 96.6 Å². The molecular formula is C66H48BN7O. The van der Waals surface area contributed by atoms with E-state index in [1.54, 1.807) is 0 Å². The molecule has 2 aliphatic rings. The first kappa shape index (κ1) is 44.4. The summed E-state index contributed by atoms with van der Waals surface area (Å²) in [5, 5.41) is 2.12. The zero-order valence-electron chi connectivity index (χ0n) is 42.2. The molecule has 0 N–H and O–H groups in total. The number of rotatable bonds is 8. The molecule has 5 heterocycles. The Labute approximate surface area is 435 Å². The molecule has 0 saturated carbocycles. The van der Waals surface area contributed by atoms with Gasteiger partial charge >= 0.3 is 0 Å². The molecular weight excluding hydrogens is 918 g/mol. The smallest absolute Gasteiger partial charge is 0.256 e. The molecule has 2 aliphatic heterocycles. The average molecular weight is 966 g/mol. The summed E-state index contributed by atoms with van der Waals surface area (Å²) in [5.41, 5.74) is 19.5. The van der Waals surface area contributed by atoms with Gasteiger partial charge in [0.1, 0.15) is 11.5 Å². The first-order chi connectivity index (χ1) is 36.7. The minimum Gasteiger partial charge on any atom is -0.458 e. The number of hydrogen-bond acceptors (Lipinski definition) is 7. The van der Waals surface area contributed by atoms with Crippen molar-refractivity contribution in [2.24, 2.45) is 0 Å². The molecule has 0 bridgehead atoms. The van der Waals surface area contributed by atoms with Gasteiger partial charge in [-0.1, -0.05) is 171 Å². The summed E-state index contributed by atoms with van der Waals surface area (Å²) in [7, 11) is 0. The fourth-order valence-electron chi connectivity index (χ4n) is 11.6. The molecule has 356 valence electrons. The van der Waals surface area contributed by atoms with Crippen LogP contribution >= 0.6 is 0 Å². The van der Waals surface area contributed by atoms with Crippen molar-refractivity contribution in [1.29, 1.82) is 0 Å². The van der Waals surface area contributed by atoms with Crippen LogP contribution in [0.1, 0.15) is 42.0 Å². The minimum atomic E-state index is -0.195. The van der Waals surface area contributed by atoms with Crippen molar-refractivity contribution in [2.45, 2.75) is 40.5 Å². The standard InChI is InChI=1S/C66H48BN7O/c1-38(2)48-36-55-59-57(37-48)75-56-29-27-46(58-40(4)30-39(3)31-41(58)5)34-52(56)67(59)53-35-49(66-72-63(44-22-14-8-15-23-44)69-64(73-66)45-24-16-9-17-25-45)33-51-50-32-47(26-28-54(50)74(55)60(51)53)65-70-61(42-18-10-6-11-19-42)68-62(71-65)43-20-12-7-13-21-43/h6-38H,1-5H3. The van der Waals surface area contributed by atoms with Gasteiger partial charge in [-0.25, -0.2) is 29.9 Å². The van der Waals surface area contributed by atoms with Crippen LogP contribution in [0, 0.1) is 20.8 Å². The van der Waals surface area contributed by atoms with Gasteiger partial charge in [0.25, 0.3) is 6.71 Å². The van der Waals surface area contributed by atoms with Gasteiger partial charge < -0.3 is 9.30 Å². The van der Waals surface area contributed by atoms with E-state index < -0.39 is 0 Å². The van der Waals surface area contributed by atoms with Gasteiger partial charge in [0, 0.05) is 55.4 Å². The third-order valence-electron chi connectivity index (χ3n) is 15.0. The first-order valence-electron chi connectivity index (χ1n) is 25.7. The highest BCUT2D eigenvalue weighted by molar-refractivity contribution is 6.99. The molecule has 9 aromatic carbocycles. The van der Waals surface area contributed by atoms with E-state index in [0.29, 0.717) is 34.9 Å². The second-order valence-corrected chi connectivity index (χ2v) is 20.3. The molecule has 0 atom stereocenters. The fraction of sp³-hybridized carbons (Fsp3) is 0.0909. The van der Waals surface area contributed by atoms with Crippen molar-refractivity contribution in [3.05, 3.63) is 216 Å². The van der Waals surface area contributed by atoms with Crippen molar-refractivity contribution in [2.75, 3.05) is 0 Å². The quantitative estimate of drug-likeness (QED) is 0.140. The van der Waals surface area contributed by atoms with E-state index >= 15 is 0 Å². The van der Waals surface area contributed by atoms with Crippen LogP contribution in [0.15, 0.2) is 194 Å². The normalized spacial score (nSPS) is 12.3. The largest absolute Gasteiger partial charge is 0.458 e. The zero-order chi connectivity index (χ0) is 50.5. The Kier molecular flexibility index (Phi) is 10.3. The van der Waals surface area contributed by atoms with Gasteiger partial charge in [-0.3, -0.25) is 0 Å². The van der Waals surface area contributed by atoms with Crippen LogP contribution in [0.3, 0.4) is 0 Å². The molecule has 12 aromatic rings. The van der Waals surface area contributed by atoms with E-state index in [-0.39, 0.29) is 12.6 Å². The number of ether oxygens (including phenoxy) is 1. The molecule has 8 nitrogen and oxygen atoms in total. The molecule has 0 saturated heterocycles. The van der Waals surface area contributed by atoms with Gasteiger partial charge in [0.2, 0.25) is 0 Å². The molecule has 0 fully saturated rings. The predicted molar refractivity (Wildman–Crippen MR) is 305 cm³/mol. The average Bonchev–Trinajstić information content (AvgIpc) is 3.86. The molecule has 75 heavy (non-hydrogen) atoms. The molecule has 0 unspecified atom stereocenters. The van der Waals surface area contributed by atoms with Crippen LogP contribution in [0.2, 0.25) is 0 Å². The van der Waals surface area contributed by atoms with Crippen LogP contribution in [0.4, 0.5) is 0 Å². The van der Waals surface area contributed by atoms with E-state index in [0.717, 1.165) is 88.8 Å². The van der Waals surface area contributed by atoms with Crippen LogP contribution < -0.4 is 21.1 Å². The minimum absolute atomic E-state index is 0.195. The van der Waals surface area contributed by atoms with Gasteiger partial charge in [-0.15, -0.1) is 0 Å². The lowest BCUT2D eigenvalue weighted by Crippen LogP contribution is -2.58. The maximum absolute atomic E-state index is 7.13. The third kappa shape index (κ3) is 7.45. The Hall–Kier alpha value is -9.34. The van der Waals surface area contributed by atoms with E-state index in [9.17, 15) is 0 Å². The number of aromatic nitrogens is 7. The molecule has 3 aromatic heterocycles. The lowest BCUT2D eigenvalue weighted by atomic mass is 9.34. The van der Waals surface area contributed by atoms with Gasteiger partial charge in [-0.2, -0.15) is 0 Å². The molecule has 9 heteroatoms. The zero-order valence-corrected chi connectivity index (χ0v) is 42.2. The van der Waals surface area contributed by atoms with Crippen LogP contribution in [-0.4, -0.2) is 41.2 Å². The highest BCUT2D eigenvalue weighted by atomic mass is 16.5. The maximum Gasteiger partial charge on any atom is 0.256 e. The van der Waals surface area contributed by atoms with E-state index in [4.69, 9.17) is 34.6 Å². The van der Waals surface area contributed by atoms with Crippen molar-refractivity contribution < 1.29 is 4.74 Å². The summed E-state index contributed by atoms with van der Waals surface area (Å²) in [4.78, 5) is 31.2. The van der Waals surface area contributed by atoms with Gasteiger partial charge in [0.05, 0.1) is 5.52 Å². The molecule has 0 amide bonds. The lowest BCUT2D eigenvalue weighted by Gasteiger charge is -2.34. The Morgan fingerprint density at radius 3 is 1.40 bits per heavy atom. The lowest BCUT2D eigenvalue weighted by molar-refractivity contribution is 0.486. The van der Waals surface area contributed by atoms with Crippen molar-refractivity contribution >= 4 is 44.9 Å². The SMILES string of the molecule is Cc1cc(C)c(-c2ccc3c(c2)B2c4c(cc(C(C)C)cc4-n4c5ccc(-c6nc(-c7ccccc7)nc(-c7ccccc7)n6)cc5c5cc(-c6nc(-c7ccccc7)nc(-c7ccccc7)n6)cc2c54)O3)c(C)c1. The monoisotopic (exact) mass is 965 g/mol. The third-order valence-corrected chi connectivity index (χ3v) is 15.0. The topological polar surface area (TPSA) is 91.5 Å².